The second-order valence-electron chi connectivity index (χ2n) is 2.64. The van der Waals surface area contributed by atoms with E-state index >= 15 is 0 Å². The van der Waals surface area contributed by atoms with Crippen molar-refractivity contribution in [2.45, 2.75) is 0 Å². The summed E-state index contributed by atoms with van der Waals surface area (Å²) in [4.78, 5) is 11.4. The molecule has 0 fully saturated rings. The van der Waals surface area contributed by atoms with Crippen molar-refractivity contribution < 1.29 is 9.52 Å². The van der Waals surface area contributed by atoms with Crippen LogP contribution in [0.4, 0.5) is 5.88 Å². The number of hydrogen-bond donors (Lipinski definition) is 2. The zero-order valence-electron chi connectivity index (χ0n) is 6.65. The fraction of sp³-hybridized carbons (Fsp3) is 0. The van der Waals surface area contributed by atoms with E-state index in [1.54, 1.807) is 24.3 Å². The zero-order valence-corrected chi connectivity index (χ0v) is 6.65. The van der Waals surface area contributed by atoms with Crippen molar-refractivity contribution in [2.24, 2.45) is 0 Å². The first-order chi connectivity index (χ1) is 6.20. The van der Waals surface area contributed by atoms with E-state index in [9.17, 15) is 9.90 Å². The number of rotatable bonds is 0. The van der Waals surface area contributed by atoms with Crippen LogP contribution in [0.25, 0.3) is 11.0 Å². The van der Waals surface area contributed by atoms with Gasteiger partial charge in [-0.2, -0.15) is 0 Å². The summed E-state index contributed by atoms with van der Waals surface area (Å²) in [6.45, 7) is 0. The largest absolute Gasteiger partial charge is 0.500 e. The van der Waals surface area contributed by atoms with Gasteiger partial charge in [-0.15, -0.1) is 0 Å². The van der Waals surface area contributed by atoms with E-state index in [0.29, 0.717) is 11.0 Å². The second-order valence-corrected chi connectivity index (χ2v) is 2.64. The maximum absolute atomic E-state index is 11.4. The Bertz CT molecular complexity index is 516. The molecule has 2 rings (SSSR count). The minimum atomic E-state index is -0.529. The van der Waals surface area contributed by atoms with Crippen LogP contribution in [0, 0.1) is 0 Å². The van der Waals surface area contributed by atoms with Crippen LogP contribution in [0.1, 0.15) is 0 Å². The fourth-order valence-electron chi connectivity index (χ4n) is 1.15. The van der Waals surface area contributed by atoms with Crippen LogP contribution in [0.15, 0.2) is 33.5 Å². The molecule has 3 N–H and O–H groups in total. The van der Waals surface area contributed by atoms with E-state index in [2.05, 4.69) is 0 Å². The highest BCUT2D eigenvalue weighted by molar-refractivity contribution is 5.79. The lowest BCUT2D eigenvalue weighted by atomic mass is 10.2. The molecular formula is C9H7NO3. The van der Waals surface area contributed by atoms with Gasteiger partial charge in [0.2, 0.25) is 17.1 Å². The summed E-state index contributed by atoms with van der Waals surface area (Å²) < 4.78 is 5.00. The van der Waals surface area contributed by atoms with Crippen LogP contribution in [0.5, 0.6) is 5.75 Å². The van der Waals surface area contributed by atoms with Crippen molar-refractivity contribution in [3.63, 3.8) is 0 Å². The Hall–Kier alpha value is -1.97. The maximum Gasteiger partial charge on any atom is 0.237 e. The quantitative estimate of drug-likeness (QED) is 0.631. The molecule has 0 aliphatic carbocycles. The van der Waals surface area contributed by atoms with Crippen LogP contribution < -0.4 is 11.2 Å². The summed E-state index contributed by atoms with van der Waals surface area (Å²) in [6.07, 6.45) is 0. The van der Waals surface area contributed by atoms with Crippen molar-refractivity contribution in [2.75, 3.05) is 5.73 Å². The molecule has 0 aliphatic heterocycles. The topological polar surface area (TPSA) is 76.5 Å². The van der Waals surface area contributed by atoms with Crippen molar-refractivity contribution in [1.82, 2.24) is 0 Å². The molecule has 0 atom stereocenters. The number of aromatic hydroxyl groups is 1. The molecule has 1 aromatic heterocycles. The molecule has 0 spiro atoms. The normalized spacial score (nSPS) is 10.5. The summed E-state index contributed by atoms with van der Waals surface area (Å²) in [5, 5.41) is 9.50. The summed E-state index contributed by atoms with van der Waals surface area (Å²) in [6, 6.07) is 6.60. The molecule has 2 aromatic rings. The van der Waals surface area contributed by atoms with Crippen molar-refractivity contribution >= 4 is 16.9 Å². The van der Waals surface area contributed by atoms with Gasteiger partial charge in [0.1, 0.15) is 5.58 Å². The molecule has 0 bridgehead atoms. The molecule has 66 valence electrons. The molecule has 0 radical (unpaired) electrons. The molecule has 1 heterocycles. The van der Waals surface area contributed by atoms with Crippen LogP contribution in [-0.4, -0.2) is 5.11 Å². The number of benzene rings is 1. The Kier molecular flexibility index (Phi) is 1.48. The minimum Gasteiger partial charge on any atom is -0.500 e. The maximum atomic E-state index is 11.4. The van der Waals surface area contributed by atoms with Gasteiger partial charge in [0.05, 0.1) is 5.39 Å². The van der Waals surface area contributed by atoms with Gasteiger partial charge >= 0.3 is 0 Å². The average Bonchev–Trinajstić information content (AvgIpc) is 2.15. The van der Waals surface area contributed by atoms with E-state index in [0.717, 1.165) is 0 Å². The minimum absolute atomic E-state index is 0.247. The van der Waals surface area contributed by atoms with Gasteiger partial charge in [-0.05, 0) is 12.1 Å². The number of nitrogen functional groups attached to an aromatic ring is 1. The van der Waals surface area contributed by atoms with E-state index in [4.69, 9.17) is 10.2 Å². The molecule has 4 nitrogen and oxygen atoms in total. The molecule has 0 amide bonds. The second kappa shape index (κ2) is 2.52. The zero-order chi connectivity index (χ0) is 9.42. The van der Waals surface area contributed by atoms with Gasteiger partial charge in [0.25, 0.3) is 0 Å². The standard InChI is InChI=1S/C9H7NO3/c10-9-8(12)7(11)5-3-1-2-4-6(5)13-9/h1-4,12H,10H2. The first kappa shape index (κ1) is 7.67. The van der Waals surface area contributed by atoms with Gasteiger partial charge in [0, 0.05) is 0 Å². The first-order valence-corrected chi connectivity index (χ1v) is 3.70. The van der Waals surface area contributed by atoms with Crippen LogP contribution in [0.2, 0.25) is 0 Å². The fourth-order valence-corrected chi connectivity index (χ4v) is 1.15. The predicted octanol–water partition coefficient (Wildman–Crippen LogP) is 1.08. The Balaban J connectivity index is 3.03. The number of hydrogen-bond acceptors (Lipinski definition) is 4. The molecule has 1 aromatic carbocycles. The first-order valence-electron chi connectivity index (χ1n) is 3.70. The third-order valence-corrected chi connectivity index (χ3v) is 1.80. The van der Waals surface area contributed by atoms with Crippen LogP contribution in [0.3, 0.4) is 0 Å². The van der Waals surface area contributed by atoms with E-state index in [1.807, 2.05) is 0 Å². The Morgan fingerprint density at radius 3 is 2.77 bits per heavy atom. The molecule has 0 unspecified atom stereocenters. The van der Waals surface area contributed by atoms with Crippen molar-refractivity contribution in [1.29, 1.82) is 0 Å². The summed E-state index contributed by atoms with van der Waals surface area (Å²) >= 11 is 0. The highest BCUT2D eigenvalue weighted by Gasteiger charge is 2.09. The SMILES string of the molecule is Nc1oc2ccccc2c(=O)c1O. The van der Waals surface area contributed by atoms with E-state index in [1.165, 1.54) is 0 Å². The van der Waals surface area contributed by atoms with E-state index < -0.39 is 11.2 Å². The lowest BCUT2D eigenvalue weighted by Crippen LogP contribution is -2.03. The monoisotopic (exact) mass is 177 g/mol. The summed E-state index contributed by atoms with van der Waals surface area (Å²) in [5.74, 6) is -0.776. The third-order valence-electron chi connectivity index (χ3n) is 1.80. The van der Waals surface area contributed by atoms with Crippen LogP contribution in [-0.2, 0) is 0 Å². The lowest BCUT2D eigenvalue weighted by Gasteiger charge is -1.99. The number of nitrogens with two attached hydrogens (primary N) is 1. The Morgan fingerprint density at radius 2 is 2.00 bits per heavy atom. The molecule has 0 saturated heterocycles. The third kappa shape index (κ3) is 1.03. The van der Waals surface area contributed by atoms with Crippen molar-refractivity contribution in [3.05, 3.63) is 34.5 Å². The average molecular weight is 177 g/mol. The Labute approximate surface area is 73.2 Å². The number of anilines is 1. The Morgan fingerprint density at radius 1 is 1.31 bits per heavy atom. The van der Waals surface area contributed by atoms with Crippen molar-refractivity contribution in [3.8, 4) is 5.75 Å². The highest BCUT2D eigenvalue weighted by atomic mass is 16.4. The van der Waals surface area contributed by atoms with Gasteiger partial charge in [-0.1, -0.05) is 12.1 Å². The highest BCUT2D eigenvalue weighted by Crippen LogP contribution is 2.20. The van der Waals surface area contributed by atoms with Gasteiger partial charge < -0.3 is 15.3 Å². The predicted molar refractivity (Wildman–Crippen MR) is 48.6 cm³/mol. The number of fused-ring (bicyclic) bond motifs is 1. The molecule has 0 aliphatic rings. The van der Waals surface area contributed by atoms with Gasteiger partial charge in [0.15, 0.2) is 0 Å². The molecular weight excluding hydrogens is 170 g/mol. The molecule has 13 heavy (non-hydrogen) atoms. The molecule has 4 heteroatoms. The van der Waals surface area contributed by atoms with Crippen LogP contribution >= 0.6 is 0 Å². The summed E-state index contributed by atoms with van der Waals surface area (Å²) in [5.41, 5.74) is 5.15. The molecule has 0 saturated carbocycles. The lowest BCUT2D eigenvalue weighted by molar-refractivity contribution is 0.451. The van der Waals surface area contributed by atoms with Gasteiger partial charge in [-0.3, -0.25) is 4.79 Å². The van der Waals surface area contributed by atoms with E-state index in [-0.39, 0.29) is 5.88 Å². The number of para-hydroxylation sites is 1. The van der Waals surface area contributed by atoms with Gasteiger partial charge in [-0.25, -0.2) is 0 Å². The summed E-state index contributed by atoms with van der Waals surface area (Å²) in [7, 11) is 0. The smallest absolute Gasteiger partial charge is 0.237 e.